The number of allylic oxidation sites excluding steroid dienone is 4. The van der Waals surface area contributed by atoms with Crippen LogP contribution in [0.15, 0.2) is 24.3 Å². The van der Waals surface area contributed by atoms with Gasteiger partial charge in [-0.15, -0.1) is 0 Å². The molecule has 0 spiro atoms. The minimum absolute atomic E-state index is 0.156. The minimum Gasteiger partial charge on any atom is -0.469 e. The summed E-state index contributed by atoms with van der Waals surface area (Å²) < 4.78 is 9.83. The van der Waals surface area contributed by atoms with Crippen molar-refractivity contribution in [2.75, 3.05) is 14.2 Å². The normalized spacial score (nSPS) is 31.5. The molecule has 2 rings (SSSR count). The highest BCUT2D eigenvalue weighted by Crippen LogP contribution is 2.58. The number of hydrogen-bond donors (Lipinski definition) is 0. The molecule has 0 fully saturated rings. The summed E-state index contributed by atoms with van der Waals surface area (Å²) in [5, 5.41) is 0. The largest absolute Gasteiger partial charge is 0.469 e. The average Bonchev–Trinajstić information content (AvgIpc) is 2.51. The number of fused-ring (bicyclic) bond motifs is 1. The van der Waals surface area contributed by atoms with E-state index in [9.17, 15) is 9.59 Å². The van der Waals surface area contributed by atoms with Crippen LogP contribution in [0.3, 0.4) is 0 Å². The molecule has 0 heterocycles. The zero-order valence-electron chi connectivity index (χ0n) is 12.2. The zero-order valence-corrected chi connectivity index (χ0v) is 12.2. The van der Waals surface area contributed by atoms with Gasteiger partial charge in [0, 0.05) is 6.42 Å². The highest BCUT2D eigenvalue weighted by atomic mass is 16.5. The molecule has 0 unspecified atom stereocenters. The second kappa shape index (κ2) is 5.81. The molecule has 2 aliphatic rings. The van der Waals surface area contributed by atoms with Gasteiger partial charge in [-0.1, -0.05) is 24.3 Å². The summed E-state index contributed by atoms with van der Waals surface area (Å²) in [5.74, 6) is -0.377. The first kappa shape index (κ1) is 14.8. The molecule has 20 heavy (non-hydrogen) atoms. The van der Waals surface area contributed by atoms with E-state index < -0.39 is 5.41 Å². The first-order valence-electron chi connectivity index (χ1n) is 7.05. The van der Waals surface area contributed by atoms with E-state index >= 15 is 0 Å². The molecule has 0 saturated carbocycles. The lowest BCUT2D eigenvalue weighted by Crippen LogP contribution is -2.50. The van der Waals surface area contributed by atoms with Gasteiger partial charge in [-0.2, -0.15) is 0 Å². The van der Waals surface area contributed by atoms with Gasteiger partial charge in [-0.05, 0) is 37.5 Å². The van der Waals surface area contributed by atoms with E-state index in [1.54, 1.807) is 0 Å². The van der Waals surface area contributed by atoms with Crippen molar-refractivity contribution in [2.24, 2.45) is 10.8 Å². The topological polar surface area (TPSA) is 52.6 Å². The number of hydrogen-bond acceptors (Lipinski definition) is 4. The average molecular weight is 278 g/mol. The lowest BCUT2D eigenvalue weighted by molar-refractivity contribution is -0.165. The van der Waals surface area contributed by atoms with Crippen LogP contribution >= 0.6 is 0 Å². The number of methoxy groups -OCH3 is 2. The Bertz CT molecular complexity index is 429. The fraction of sp³-hybridized carbons (Fsp3) is 0.625. The van der Waals surface area contributed by atoms with E-state index in [0.717, 1.165) is 12.8 Å². The molecule has 0 saturated heterocycles. The number of rotatable bonds is 4. The molecule has 110 valence electrons. The quantitative estimate of drug-likeness (QED) is 0.586. The molecular formula is C16H22O4. The first-order chi connectivity index (χ1) is 9.60. The first-order valence-corrected chi connectivity index (χ1v) is 7.05. The fourth-order valence-corrected chi connectivity index (χ4v) is 3.64. The van der Waals surface area contributed by atoms with Gasteiger partial charge in [-0.3, -0.25) is 9.59 Å². The van der Waals surface area contributed by atoms with Crippen molar-refractivity contribution in [3.63, 3.8) is 0 Å². The van der Waals surface area contributed by atoms with Crippen molar-refractivity contribution in [1.29, 1.82) is 0 Å². The van der Waals surface area contributed by atoms with E-state index in [-0.39, 0.29) is 17.4 Å². The summed E-state index contributed by atoms with van der Waals surface area (Å²) in [6.07, 6.45) is 12.4. The van der Waals surface area contributed by atoms with Gasteiger partial charge in [0.15, 0.2) is 0 Å². The molecule has 0 aromatic carbocycles. The van der Waals surface area contributed by atoms with Crippen molar-refractivity contribution in [3.05, 3.63) is 24.3 Å². The molecule has 0 aromatic rings. The Hall–Kier alpha value is -1.58. The molecule has 0 atom stereocenters. The van der Waals surface area contributed by atoms with Crippen LogP contribution in [0.2, 0.25) is 0 Å². The number of carbonyl (C=O) groups is 2. The molecule has 4 nitrogen and oxygen atoms in total. The number of carbonyl (C=O) groups excluding carboxylic acids is 2. The van der Waals surface area contributed by atoms with Crippen LogP contribution in [0, 0.1) is 10.8 Å². The standard InChI is InChI=1S/C16H22O4/c1-19-13(17)7-12-15-8-3-5-10-16(15,14(18)20-2)11-6-4-9-15/h3-6H,7-12H2,1-2H3. The second-order valence-electron chi connectivity index (χ2n) is 5.69. The predicted molar refractivity (Wildman–Crippen MR) is 74.9 cm³/mol. The van der Waals surface area contributed by atoms with Crippen LogP contribution in [0.1, 0.15) is 38.5 Å². The van der Waals surface area contributed by atoms with Crippen LogP contribution in [-0.4, -0.2) is 26.2 Å². The van der Waals surface area contributed by atoms with E-state index in [4.69, 9.17) is 9.47 Å². The molecule has 0 N–H and O–H groups in total. The molecule has 0 amide bonds. The molecule has 0 aliphatic heterocycles. The third kappa shape index (κ3) is 2.28. The monoisotopic (exact) mass is 278 g/mol. The summed E-state index contributed by atoms with van der Waals surface area (Å²) in [5.41, 5.74) is -0.753. The van der Waals surface area contributed by atoms with E-state index in [2.05, 4.69) is 24.3 Å². The van der Waals surface area contributed by atoms with E-state index in [1.165, 1.54) is 14.2 Å². The SMILES string of the molecule is COC(=O)CCC12CC=CCC1(C(=O)OC)CC=CC2. The molecule has 0 aromatic heterocycles. The zero-order chi connectivity index (χ0) is 14.6. The van der Waals surface area contributed by atoms with Crippen LogP contribution in [0.25, 0.3) is 0 Å². The van der Waals surface area contributed by atoms with Crippen LogP contribution in [0.5, 0.6) is 0 Å². The van der Waals surface area contributed by atoms with Gasteiger partial charge in [0.25, 0.3) is 0 Å². The Kier molecular flexibility index (Phi) is 4.31. The van der Waals surface area contributed by atoms with Gasteiger partial charge in [0.2, 0.25) is 0 Å². The van der Waals surface area contributed by atoms with Gasteiger partial charge in [0.05, 0.1) is 19.6 Å². The van der Waals surface area contributed by atoms with E-state index in [0.29, 0.717) is 25.7 Å². The number of esters is 2. The summed E-state index contributed by atoms with van der Waals surface area (Å²) >= 11 is 0. The van der Waals surface area contributed by atoms with Crippen molar-refractivity contribution in [3.8, 4) is 0 Å². The molecule has 2 aliphatic carbocycles. The summed E-state index contributed by atoms with van der Waals surface area (Å²) in [7, 11) is 2.84. The maximum Gasteiger partial charge on any atom is 0.313 e. The molecule has 0 radical (unpaired) electrons. The Morgan fingerprint density at radius 3 is 2.00 bits per heavy atom. The van der Waals surface area contributed by atoms with Gasteiger partial charge < -0.3 is 9.47 Å². The van der Waals surface area contributed by atoms with E-state index in [1.807, 2.05) is 0 Å². The maximum absolute atomic E-state index is 12.4. The van der Waals surface area contributed by atoms with Crippen molar-refractivity contribution in [1.82, 2.24) is 0 Å². The van der Waals surface area contributed by atoms with Crippen LogP contribution in [-0.2, 0) is 19.1 Å². The maximum atomic E-state index is 12.4. The van der Waals surface area contributed by atoms with Crippen molar-refractivity contribution < 1.29 is 19.1 Å². The fourth-order valence-electron chi connectivity index (χ4n) is 3.64. The highest BCUT2D eigenvalue weighted by Gasteiger charge is 2.56. The summed E-state index contributed by atoms with van der Waals surface area (Å²) in [6.45, 7) is 0. The molecular weight excluding hydrogens is 256 g/mol. The Morgan fingerprint density at radius 2 is 1.50 bits per heavy atom. The highest BCUT2D eigenvalue weighted by molar-refractivity contribution is 5.79. The Morgan fingerprint density at radius 1 is 0.950 bits per heavy atom. The third-order valence-corrected chi connectivity index (χ3v) is 4.91. The predicted octanol–water partition coefficient (Wildman–Crippen LogP) is 2.79. The van der Waals surface area contributed by atoms with Crippen molar-refractivity contribution >= 4 is 11.9 Å². The van der Waals surface area contributed by atoms with Crippen LogP contribution < -0.4 is 0 Å². The van der Waals surface area contributed by atoms with Crippen molar-refractivity contribution in [2.45, 2.75) is 38.5 Å². The van der Waals surface area contributed by atoms with Gasteiger partial charge >= 0.3 is 11.9 Å². The lowest BCUT2D eigenvalue weighted by Gasteiger charge is -2.51. The minimum atomic E-state index is -0.529. The summed E-state index contributed by atoms with van der Waals surface area (Å²) in [4.78, 5) is 23.9. The smallest absolute Gasteiger partial charge is 0.313 e. The van der Waals surface area contributed by atoms with Crippen LogP contribution in [0.4, 0.5) is 0 Å². The molecule has 4 heteroatoms. The Balaban J connectivity index is 2.32. The summed E-state index contributed by atoms with van der Waals surface area (Å²) in [6, 6.07) is 0. The lowest BCUT2D eigenvalue weighted by atomic mass is 9.51. The van der Waals surface area contributed by atoms with Gasteiger partial charge in [-0.25, -0.2) is 0 Å². The Labute approximate surface area is 119 Å². The second-order valence-corrected chi connectivity index (χ2v) is 5.69. The van der Waals surface area contributed by atoms with Gasteiger partial charge in [0.1, 0.15) is 0 Å². The third-order valence-electron chi connectivity index (χ3n) is 4.91. The number of ether oxygens (including phenoxy) is 2. The molecule has 0 bridgehead atoms.